The van der Waals surface area contributed by atoms with Gasteiger partial charge in [-0.3, -0.25) is 4.79 Å². The lowest BCUT2D eigenvalue weighted by Gasteiger charge is -2.13. The zero-order chi connectivity index (χ0) is 22.0. The molecule has 0 bridgehead atoms. The Kier molecular flexibility index (Phi) is 5.71. The predicted molar refractivity (Wildman–Crippen MR) is 123 cm³/mol. The number of ether oxygens (including phenoxy) is 1. The van der Waals surface area contributed by atoms with Crippen molar-refractivity contribution in [1.29, 1.82) is 0 Å². The van der Waals surface area contributed by atoms with Crippen LogP contribution < -0.4 is 10.1 Å². The molecule has 2 aromatic heterocycles. The molecule has 0 aliphatic heterocycles. The van der Waals surface area contributed by atoms with Crippen LogP contribution in [0.15, 0.2) is 54.6 Å². The van der Waals surface area contributed by atoms with Crippen LogP contribution in [0, 0.1) is 20.8 Å². The van der Waals surface area contributed by atoms with Gasteiger partial charge in [0, 0.05) is 23.1 Å². The lowest BCUT2D eigenvalue weighted by molar-refractivity contribution is -0.116. The van der Waals surface area contributed by atoms with Gasteiger partial charge in [-0.25, -0.2) is 4.68 Å². The van der Waals surface area contributed by atoms with Crippen LogP contribution in [-0.2, 0) is 11.2 Å². The first-order valence-electron chi connectivity index (χ1n) is 10.3. The number of benzene rings is 2. The average molecular weight is 415 g/mol. The number of nitrogens with zero attached hydrogens (tertiary/aromatic N) is 3. The van der Waals surface area contributed by atoms with Crippen molar-refractivity contribution in [1.82, 2.24) is 14.8 Å². The third kappa shape index (κ3) is 4.01. The van der Waals surface area contributed by atoms with E-state index in [0.717, 1.165) is 44.8 Å². The minimum atomic E-state index is -0.0347. The van der Waals surface area contributed by atoms with Gasteiger partial charge in [0.2, 0.25) is 11.8 Å². The van der Waals surface area contributed by atoms with E-state index < -0.39 is 0 Å². The fraction of sp³-hybridized carbons (Fsp3) is 0.240. The molecule has 1 amide bonds. The number of hydrogen-bond acceptors (Lipinski definition) is 4. The van der Waals surface area contributed by atoms with Crippen molar-refractivity contribution < 1.29 is 9.53 Å². The van der Waals surface area contributed by atoms with E-state index in [4.69, 9.17) is 14.8 Å². The Morgan fingerprint density at radius 3 is 2.45 bits per heavy atom. The van der Waals surface area contributed by atoms with Crippen LogP contribution in [0.5, 0.6) is 5.88 Å². The molecule has 0 saturated carbocycles. The number of aryl methyl sites for hydroxylation is 3. The van der Waals surface area contributed by atoms with Gasteiger partial charge in [-0.2, -0.15) is 10.1 Å². The van der Waals surface area contributed by atoms with E-state index in [1.807, 2.05) is 80.1 Å². The smallest absolute Gasteiger partial charge is 0.224 e. The molecular formula is C25H26N4O2. The van der Waals surface area contributed by atoms with E-state index in [1.54, 1.807) is 7.11 Å². The summed E-state index contributed by atoms with van der Waals surface area (Å²) in [5, 5.41) is 8.71. The minimum absolute atomic E-state index is 0.0347. The van der Waals surface area contributed by atoms with E-state index >= 15 is 0 Å². The van der Waals surface area contributed by atoms with Crippen molar-refractivity contribution in [3.8, 4) is 11.6 Å². The molecule has 0 atom stereocenters. The number of nitrogens with one attached hydrogen (secondary N) is 1. The van der Waals surface area contributed by atoms with Gasteiger partial charge in [-0.1, -0.05) is 36.4 Å². The normalized spacial score (nSPS) is 11.0. The van der Waals surface area contributed by atoms with Crippen molar-refractivity contribution in [2.24, 2.45) is 0 Å². The monoisotopic (exact) mass is 414 g/mol. The van der Waals surface area contributed by atoms with Crippen molar-refractivity contribution in [3.05, 3.63) is 77.0 Å². The van der Waals surface area contributed by atoms with Gasteiger partial charge in [0.15, 0.2) is 5.65 Å². The van der Waals surface area contributed by atoms with Crippen molar-refractivity contribution in [2.45, 2.75) is 33.6 Å². The second-order valence-corrected chi connectivity index (χ2v) is 7.62. The molecule has 0 aliphatic carbocycles. The maximum atomic E-state index is 12.6. The topological polar surface area (TPSA) is 69.0 Å². The zero-order valence-electron chi connectivity index (χ0n) is 18.3. The van der Waals surface area contributed by atoms with Crippen molar-refractivity contribution >= 4 is 22.6 Å². The molecule has 158 valence electrons. The van der Waals surface area contributed by atoms with Gasteiger partial charge in [0.25, 0.3) is 0 Å². The Bertz CT molecular complexity index is 1250. The highest BCUT2D eigenvalue weighted by molar-refractivity contribution is 5.92. The lowest BCUT2D eigenvalue weighted by Crippen LogP contribution is -2.14. The molecule has 0 saturated heterocycles. The molecule has 6 heteroatoms. The highest BCUT2D eigenvalue weighted by Crippen LogP contribution is 2.32. The maximum Gasteiger partial charge on any atom is 0.224 e. The Hall–Kier alpha value is -3.67. The maximum absolute atomic E-state index is 12.6. The molecule has 2 aromatic carbocycles. The number of anilines is 1. The number of para-hydroxylation sites is 2. The molecule has 1 N–H and O–H groups in total. The van der Waals surface area contributed by atoms with Crippen LogP contribution in [0.3, 0.4) is 0 Å². The quantitative estimate of drug-likeness (QED) is 0.486. The van der Waals surface area contributed by atoms with Crippen LogP contribution >= 0.6 is 0 Å². The van der Waals surface area contributed by atoms with E-state index in [0.29, 0.717) is 18.7 Å². The summed E-state index contributed by atoms with van der Waals surface area (Å²) in [5.41, 5.74) is 6.46. The van der Waals surface area contributed by atoms with Gasteiger partial charge < -0.3 is 10.1 Å². The molecule has 4 rings (SSSR count). The van der Waals surface area contributed by atoms with E-state index in [-0.39, 0.29) is 5.91 Å². The molecular weight excluding hydrogens is 388 g/mol. The first-order valence-corrected chi connectivity index (χ1v) is 10.3. The number of aromatic nitrogens is 3. The summed E-state index contributed by atoms with van der Waals surface area (Å²) >= 11 is 0. The second-order valence-electron chi connectivity index (χ2n) is 7.62. The zero-order valence-corrected chi connectivity index (χ0v) is 18.3. The number of methoxy groups -OCH3 is 1. The number of pyridine rings is 1. The summed E-state index contributed by atoms with van der Waals surface area (Å²) < 4.78 is 7.46. The van der Waals surface area contributed by atoms with Gasteiger partial charge in [0.05, 0.1) is 18.5 Å². The average Bonchev–Trinajstić information content (AvgIpc) is 3.11. The van der Waals surface area contributed by atoms with Gasteiger partial charge in [0.1, 0.15) is 0 Å². The van der Waals surface area contributed by atoms with Crippen molar-refractivity contribution in [3.63, 3.8) is 0 Å². The Labute approximate surface area is 181 Å². The summed E-state index contributed by atoms with van der Waals surface area (Å²) in [5.74, 6) is 0.498. The first-order chi connectivity index (χ1) is 15.0. The molecule has 4 aromatic rings. The summed E-state index contributed by atoms with van der Waals surface area (Å²) in [4.78, 5) is 17.4. The fourth-order valence-electron chi connectivity index (χ4n) is 3.91. The number of rotatable bonds is 6. The summed E-state index contributed by atoms with van der Waals surface area (Å²) in [6.45, 7) is 6.01. The van der Waals surface area contributed by atoms with Crippen molar-refractivity contribution in [2.75, 3.05) is 12.4 Å². The number of amides is 1. The molecule has 0 radical (unpaired) electrons. The third-order valence-corrected chi connectivity index (χ3v) is 5.54. The molecule has 0 spiro atoms. The van der Waals surface area contributed by atoms with E-state index in [2.05, 4.69) is 5.32 Å². The highest BCUT2D eigenvalue weighted by Gasteiger charge is 2.20. The minimum Gasteiger partial charge on any atom is -0.481 e. The summed E-state index contributed by atoms with van der Waals surface area (Å²) in [6.07, 6.45) is 0.871. The predicted octanol–water partition coefficient (Wildman–Crippen LogP) is 4.93. The van der Waals surface area contributed by atoms with E-state index in [9.17, 15) is 4.79 Å². The Morgan fingerprint density at radius 2 is 1.74 bits per heavy atom. The summed E-state index contributed by atoms with van der Waals surface area (Å²) in [6, 6.07) is 17.7. The largest absolute Gasteiger partial charge is 0.481 e. The van der Waals surface area contributed by atoms with E-state index in [1.165, 1.54) is 0 Å². The highest BCUT2D eigenvalue weighted by atomic mass is 16.5. The van der Waals surface area contributed by atoms with Crippen LogP contribution in [0.2, 0.25) is 0 Å². The third-order valence-electron chi connectivity index (χ3n) is 5.54. The van der Waals surface area contributed by atoms with Crippen LogP contribution in [-0.4, -0.2) is 27.8 Å². The number of fused-ring (bicyclic) bond motifs is 1. The van der Waals surface area contributed by atoms with Gasteiger partial charge in [-0.15, -0.1) is 0 Å². The Balaban J connectivity index is 1.65. The SMILES string of the molecule is COc1nc2c(c(C)nn2-c2ccccc2)c(C)c1CCC(=O)Nc1ccccc1C. The molecule has 0 aliphatic rings. The van der Waals surface area contributed by atoms with Crippen LogP contribution in [0.25, 0.3) is 16.7 Å². The molecule has 0 fully saturated rings. The second kappa shape index (κ2) is 8.60. The Morgan fingerprint density at radius 1 is 1.03 bits per heavy atom. The molecule has 0 unspecified atom stereocenters. The molecule has 6 nitrogen and oxygen atoms in total. The number of hydrogen-bond donors (Lipinski definition) is 1. The first kappa shape index (κ1) is 20.6. The van der Waals surface area contributed by atoms with Crippen LogP contribution in [0.4, 0.5) is 5.69 Å². The van der Waals surface area contributed by atoms with Gasteiger partial charge in [-0.05, 0) is 56.5 Å². The van der Waals surface area contributed by atoms with Gasteiger partial charge >= 0.3 is 0 Å². The standard InChI is InChI=1S/C25H26N4O2/c1-16-10-8-9-13-21(16)26-22(30)15-14-20-17(2)23-18(3)28-29(19-11-6-5-7-12-19)24(23)27-25(20)31-4/h5-13H,14-15H2,1-4H3,(H,26,30). The fourth-order valence-corrected chi connectivity index (χ4v) is 3.91. The lowest BCUT2D eigenvalue weighted by atomic mass is 10.0. The number of carbonyl (C=O) groups excluding carboxylic acids is 1. The van der Waals surface area contributed by atoms with Crippen LogP contribution in [0.1, 0.15) is 28.8 Å². The molecule has 31 heavy (non-hydrogen) atoms. The summed E-state index contributed by atoms with van der Waals surface area (Å²) in [7, 11) is 1.61. The molecule has 2 heterocycles. The number of carbonyl (C=O) groups is 1.